The molecule has 110 valence electrons. The number of hydrogen-bond acceptors (Lipinski definition) is 4. The minimum atomic E-state index is -0.633. The summed E-state index contributed by atoms with van der Waals surface area (Å²) in [6.07, 6.45) is 3.77. The van der Waals surface area contributed by atoms with Crippen molar-refractivity contribution in [3.05, 3.63) is 54.2 Å². The number of amides is 2. The van der Waals surface area contributed by atoms with Crippen LogP contribution in [0.25, 0.3) is 0 Å². The highest BCUT2D eigenvalue weighted by Crippen LogP contribution is 2.00. The van der Waals surface area contributed by atoms with Gasteiger partial charge in [0.15, 0.2) is 5.76 Å². The lowest BCUT2D eigenvalue weighted by Crippen LogP contribution is -2.45. The van der Waals surface area contributed by atoms with Crippen LogP contribution >= 0.6 is 0 Å². The molecule has 2 rings (SSSR count). The monoisotopic (exact) mass is 287 g/mol. The zero-order valence-corrected chi connectivity index (χ0v) is 11.7. The second kappa shape index (κ2) is 7.23. The molecule has 2 aromatic heterocycles. The average molecular weight is 287 g/mol. The standard InChI is InChI=1S/C15H17N3O3/c1-11(18-15(20)13-6-4-10-21-13)14(19)17-9-7-12-5-2-3-8-16-12/h2-6,8,10-11H,7,9H2,1H3,(H,17,19)(H,18,20)/t11-/m1/s1. The zero-order valence-electron chi connectivity index (χ0n) is 11.7. The van der Waals surface area contributed by atoms with Crippen LogP contribution in [0.4, 0.5) is 0 Å². The minimum Gasteiger partial charge on any atom is -0.459 e. The highest BCUT2D eigenvalue weighted by atomic mass is 16.3. The van der Waals surface area contributed by atoms with E-state index in [2.05, 4.69) is 15.6 Å². The number of carbonyl (C=O) groups excluding carboxylic acids is 2. The van der Waals surface area contributed by atoms with Crippen molar-refractivity contribution in [1.82, 2.24) is 15.6 Å². The molecule has 2 amide bonds. The average Bonchev–Trinajstić information content (AvgIpc) is 3.02. The molecular formula is C15H17N3O3. The number of pyridine rings is 1. The SMILES string of the molecule is C[C@@H](NC(=O)c1ccco1)C(=O)NCCc1ccccn1. The Morgan fingerprint density at radius 2 is 2.14 bits per heavy atom. The predicted molar refractivity (Wildman–Crippen MR) is 76.6 cm³/mol. The van der Waals surface area contributed by atoms with Gasteiger partial charge in [-0.2, -0.15) is 0 Å². The Balaban J connectivity index is 1.74. The molecule has 0 aliphatic rings. The van der Waals surface area contributed by atoms with Crippen molar-refractivity contribution in [3.63, 3.8) is 0 Å². The van der Waals surface area contributed by atoms with Crippen molar-refractivity contribution in [2.24, 2.45) is 0 Å². The quantitative estimate of drug-likeness (QED) is 0.834. The van der Waals surface area contributed by atoms with E-state index in [0.717, 1.165) is 5.69 Å². The Labute approximate surface area is 122 Å². The molecule has 0 aliphatic heterocycles. The second-order valence-corrected chi connectivity index (χ2v) is 4.53. The number of hydrogen-bond donors (Lipinski definition) is 2. The summed E-state index contributed by atoms with van der Waals surface area (Å²) in [5, 5.41) is 5.33. The molecule has 0 fully saturated rings. The number of aromatic nitrogens is 1. The molecule has 2 heterocycles. The van der Waals surface area contributed by atoms with E-state index < -0.39 is 11.9 Å². The molecule has 0 saturated carbocycles. The van der Waals surface area contributed by atoms with Gasteiger partial charge < -0.3 is 15.1 Å². The van der Waals surface area contributed by atoms with Crippen LogP contribution in [0, 0.1) is 0 Å². The summed E-state index contributed by atoms with van der Waals surface area (Å²) in [4.78, 5) is 27.8. The lowest BCUT2D eigenvalue weighted by Gasteiger charge is -2.13. The van der Waals surface area contributed by atoms with E-state index in [-0.39, 0.29) is 11.7 Å². The third-order valence-corrected chi connectivity index (χ3v) is 2.89. The Morgan fingerprint density at radius 3 is 2.81 bits per heavy atom. The maximum Gasteiger partial charge on any atom is 0.287 e. The normalized spacial score (nSPS) is 11.7. The molecule has 0 radical (unpaired) electrons. The van der Waals surface area contributed by atoms with Crippen molar-refractivity contribution in [3.8, 4) is 0 Å². The van der Waals surface area contributed by atoms with Gasteiger partial charge in [-0.05, 0) is 31.2 Å². The van der Waals surface area contributed by atoms with Gasteiger partial charge in [-0.25, -0.2) is 0 Å². The predicted octanol–water partition coefficient (Wildman–Crippen LogP) is 1.15. The summed E-state index contributed by atoms with van der Waals surface area (Å²) in [7, 11) is 0. The van der Waals surface area contributed by atoms with Gasteiger partial charge in [-0.1, -0.05) is 6.07 Å². The summed E-state index contributed by atoms with van der Waals surface area (Å²) in [5.74, 6) is -0.471. The lowest BCUT2D eigenvalue weighted by molar-refractivity contribution is -0.122. The maximum atomic E-state index is 11.9. The van der Waals surface area contributed by atoms with E-state index in [4.69, 9.17) is 4.42 Å². The maximum absolute atomic E-state index is 11.9. The molecule has 1 atom stereocenters. The lowest BCUT2D eigenvalue weighted by atomic mass is 10.2. The molecule has 6 heteroatoms. The van der Waals surface area contributed by atoms with Gasteiger partial charge in [0.2, 0.25) is 5.91 Å². The number of rotatable bonds is 6. The van der Waals surface area contributed by atoms with Crippen LogP contribution in [0.5, 0.6) is 0 Å². The van der Waals surface area contributed by atoms with E-state index in [1.54, 1.807) is 25.3 Å². The fourth-order valence-corrected chi connectivity index (χ4v) is 1.75. The Bertz CT molecular complexity index is 581. The van der Waals surface area contributed by atoms with Crippen LogP contribution in [-0.2, 0) is 11.2 Å². The van der Waals surface area contributed by atoms with Gasteiger partial charge in [-0.3, -0.25) is 14.6 Å². The minimum absolute atomic E-state index is 0.183. The number of furan rings is 1. The first kappa shape index (κ1) is 14.8. The van der Waals surface area contributed by atoms with Crippen LogP contribution < -0.4 is 10.6 Å². The van der Waals surface area contributed by atoms with Crippen LogP contribution in [-0.4, -0.2) is 29.4 Å². The third-order valence-electron chi connectivity index (χ3n) is 2.89. The topological polar surface area (TPSA) is 84.2 Å². The molecule has 21 heavy (non-hydrogen) atoms. The van der Waals surface area contributed by atoms with Crippen molar-refractivity contribution < 1.29 is 14.0 Å². The van der Waals surface area contributed by atoms with Gasteiger partial charge in [-0.15, -0.1) is 0 Å². The first-order valence-corrected chi connectivity index (χ1v) is 6.69. The smallest absolute Gasteiger partial charge is 0.287 e. The fourth-order valence-electron chi connectivity index (χ4n) is 1.75. The van der Waals surface area contributed by atoms with Gasteiger partial charge in [0.1, 0.15) is 6.04 Å². The molecule has 2 aromatic rings. The highest BCUT2D eigenvalue weighted by molar-refractivity contribution is 5.95. The van der Waals surface area contributed by atoms with E-state index in [1.165, 1.54) is 6.26 Å². The molecule has 0 unspecified atom stereocenters. The van der Waals surface area contributed by atoms with E-state index in [0.29, 0.717) is 13.0 Å². The van der Waals surface area contributed by atoms with E-state index >= 15 is 0 Å². The van der Waals surface area contributed by atoms with Gasteiger partial charge in [0, 0.05) is 24.9 Å². The number of carbonyl (C=O) groups is 2. The van der Waals surface area contributed by atoms with E-state index in [9.17, 15) is 9.59 Å². The summed E-state index contributed by atoms with van der Waals surface area (Å²) < 4.78 is 4.96. The molecule has 2 N–H and O–H groups in total. The molecule has 0 aliphatic carbocycles. The highest BCUT2D eigenvalue weighted by Gasteiger charge is 2.17. The van der Waals surface area contributed by atoms with Crippen molar-refractivity contribution in [2.45, 2.75) is 19.4 Å². The molecule has 6 nitrogen and oxygen atoms in total. The van der Waals surface area contributed by atoms with Crippen molar-refractivity contribution in [1.29, 1.82) is 0 Å². The Kier molecular flexibility index (Phi) is 5.09. The van der Waals surface area contributed by atoms with Gasteiger partial charge in [0.25, 0.3) is 5.91 Å². The van der Waals surface area contributed by atoms with Crippen LogP contribution in [0.3, 0.4) is 0 Å². The Hall–Kier alpha value is -2.63. The number of nitrogens with zero attached hydrogens (tertiary/aromatic N) is 1. The zero-order chi connectivity index (χ0) is 15.1. The molecule has 0 spiro atoms. The molecular weight excluding hydrogens is 270 g/mol. The van der Waals surface area contributed by atoms with Crippen molar-refractivity contribution in [2.75, 3.05) is 6.54 Å². The van der Waals surface area contributed by atoms with Crippen LogP contribution in [0.1, 0.15) is 23.2 Å². The third kappa shape index (κ3) is 4.45. The van der Waals surface area contributed by atoms with Gasteiger partial charge in [0.05, 0.1) is 6.26 Å². The fraction of sp³-hybridized carbons (Fsp3) is 0.267. The number of nitrogens with one attached hydrogen (secondary N) is 2. The first-order valence-electron chi connectivity index (χ1n) is 6.69. The van der Waals surface area contributed by atoms with Gasteiger partial charge >= 0.3 is 0 Å². The largest absolute Gasteiger partial charge is 0.459 e. The summed E-state index contributed by atoms with van der Waals surface area (Å²) >= 11 is 0. The Morgan fingerprint density at radius 1 is 1.29 bits per heavy atom. The summed E-state index contributed by atoms with van der Waals surface area (Å²) in [6, 6.07) is 8.17. The molecule has 0 bridgehead atoms. The van der Waals surface area contributed by atoms with Crippen LogP contribution in [0.2, 0.25) is 0 Å². The summed E-state index contributed by atoms with van der Waals surface area (Å²) in [5.41, 5.74) is 0.907. The molecule has 0 aromatic carbocycles. The van der Waals surface area contributed by atoms with Crippen LogP contribution in [0.15, 0.2) is 47.2 Å². The molecule has 0 saturated heterocycles. The second-order valence-electron chi connectivity index (χ2n) is 4.53. The van der Waals surface area contributed by atoms with E-state index in [1.807, 2.05) is 18.2 Å². The summed E-state index contributed by atoms with van der Waals surface area (Å²) in [6.45, 7) is 2.09. The van der Waals surface area contributed by atoms with Crippen molar-refractivity contribution >= 4 is 11.8 Å². The first-order chi connectivity index (χ1) is 10.2.